The minimum Gasteiger partial charge on any atom is -0.454 e. The summed E-state index contributed by atoms with van der Waals surface area (Å²) in [5.41, 5.74) is 4.18. The van der Waals surface area contributed by atoms with Crippen molar-refractivity contribution in [3.05, 3.63) is 89.5 Å². The van der Waals surface area contributed by atoms with Gasteiger partial charge in [-0.25, -0.2) is 9.48 Å². The van der Waals surface area contributed by atoms with E-state index in [1.807, 2.05) is 54.8 Å². The monoisotopic (exact) mass is 401 g/mol. The number of para-hydroxylation sites is 1. The van der Waals surface area contributed by atoms with Crippen molar-refractivity contribution in [2.75, 3.05) is 6.61 Å². The smallest absolute Gasteiger partial charge is 0.338 e. The van der Waals surface area contributed by atoms with E-state index < -0.39 is 5.97 Å². The number of hydrogen-bond acceptors (Lipinski definition) is 6. The highest BCUT2D eigenvalue weighted by Crippen LogP contribution is 2.21. The molecule has 8 heteroatoms. The van der Waals surface area contributed by atoms with Gasteiger partial charge in [0.05, 0.1) is 11.3 Å². The number of nitrogens with zero attached hydrogens (tertiary/aromatic N) is 5. The first-order chi connectivity index (χ1) is 14.5. The molecule has 2 aromatic carbocycles. The van der Waals surface area contributed by atoms with E-state index in [2.05, 4.69) is 15.5 Å². The maximum absolute atomic E-state index is 12.7. The van der Waals surface area contributed by atoms with Gasteiger partial charge >= 0.3 is 5.97 Å². The number of hydrogen-bond donors (Lipinski definition) is 0. The van der Waals surface area contributed by atoms with Crippen LogP contribution >= 0.6 is 0 Å². The number of tetrazole rings is 1. The molecule has 0 N–H and O–H groups in total. The Balaban J connectivity index is 1.48. The number of esters is 1. The van der Waals surface area contributed by atoms with Gasteiger partial charge in [0.15, 0.2) is 6.61 Å². The van der Waals surface area contributed by atoms with Crippen LogP contribution in [0.4, 0.5) is 0 Å². The molecule has 8 nitrogen and oxygen atoms in total. The SMILES string of the molecule is Cc1cc(C(=O)COC(=O)c2cccc(-n3cnnn3)c2)c(C)n1-c1ccccc1. The molecule has 0 amide bonds. The number of carbonyl (C=O) groups excluding carboxylic acids is 2. The highest BCUT2D eigenvalue weighted by atomic mass is 16.5. The first-order valence-electron chi connectivity index (χ1n) is 9.32. The van der Waals surface area contributed by atoms with Crippen LogP contribution in [0.5, 0.6) is 0 Å². The molecule has 0 fully saturated rings. The number of ether oxygens (including phenoxy) is 1. The van der Waals surface area contributed by atoms with Crippen LogP contribution in [0.15, 0.2) is 67.0 Å². The number of carbonyl (C=O) groups is 2. The van der Waals surface area contributed by atoms with E-state index in [1.165, 1.54) is 11.0 Å². The predicted octanol–water partition coefficient (Wildman–Crippen LogP) is 3.11. The lowest BCUT2D eigenvalue weighted by Crippen LogP contribution is -2.15. The Hall–Kier alpha value is -4.07. The Morgan fingerprint density at radius 3 is 2.47 bits per heavy atom. The highest BCUT2D eigenvalue weighted by Gasteiger charge is 2.19. The van der Waals surface area contributed by atoms with Crippen LogP contribution in [0.3, 0.4) is 0 Å². The Kier molecular flexibility index (Phi) is 5.21. The van der Waals surface area contributed by atoms with Crippen molar-refractivity contribution in [1.82, 2.24) is 24.8 Å². The molecule has 4 rings (SSSR count). The van der Waals surface area contributed by atoms with Crippen LogP contribution in [0.2, 0.25) is 0 Å². The van der Waals surface area contributed by atoms with E-state index >= 15 is 0 Å². The Bertz CT molecular complexity index is 1200. The molecule has 0 saturated heterocycles. The highest BCUT2D eigenvalue weighted by molar-refractivity contribution is 6.00. The third-order valence-corrected chi connectivity index (χ3v) is 4.78. The van der Waals surface area contributed by atoms with Crippen LogP contribution in [0, 0.1) is 13.8 Å². The molecule has 0 atom stereocenters. The number of ketones is 1. The van der Waals surface area contributed by atoms with E-state index in [0.29, 0.717) is 16.8 Å². The van der Waals surface area contributed by atoms with Gasteiger partial charge in [0.2, 0.25) is 5.78 Å². The Morgan fingerprint density at radius 1 is 0.967 bits per heavy atom. The normalized spacial score (nSPS) is 10.7. The van der Waals surface area contributed by atoms with Gasteiger partial charge in [-0.1, -0.05) is 24.3 Å². The molecule has 0 aliphatic rings. The molecule has 0 saturated carbocycles. The maximum Gasteiger partial charge on any atom is 0.338 e. The molecule has 0 bridgehead atoms. The summed E-state index contributed by atoms with van der Waals surface area (Å²) in [4.78, 5) is 25.2. The quantitative estimate of drug-likeness (QED) is 0.364. The zero-order valence-electron chi connectivity index (χ0n) is 16.5. The predicted molar refractivity (Wildman–Crippen MR) is 109 cm³/mol. The van der Waals surface area contributed by atoms with Gasteiger partial charge in [0.1, 0.15) is 6.33 Å². The van der Waals surface area contributed by atoms with Crippen LogP contribution in [-0.4, -0.2) is 43.1 Å². The van der Waals surface area contributed by atoms with Crippen molar-refractivity contribution < 1.29 is 14.3 Å². The van der Waals surface area contributed by atoms with E-state index in [4.69, 9.17) is 4.74 Å². The van der Waals surface area contributed by atoms with Crippen molar-refractivity contribution in [2.24, 2.45) is 0 Å². The molecule has 0 aliphatic heterocycles. The minimum atomic E-state index is -0.588. The van der Waals surface area contributed by atoms with E-state index in [9.17, 15) is 9.59 Å². The van der Waals surface area contributed by atoms with E-state index in [0.717, 1.165) is 17.1 Å². The maximum atomic E-state index is 12.7. The van der Waals surface area contributed by atoms with Gasteiger partial charge < -0.3 is 9.30 Å². The fourth-order valence-corrected chi connectivity index (χ4v) is 3.37. The van der Waals surface area contributed by atoms with E-state index in [-0.39, 0.29) is 12.4 Å². The van der Waals surface area contributed by atoms with Crippen LogP contribution < -0.4 is 0 Å². The molecule has 4 aromatic rings. The molecule has 30 heavy (non-hydrogen) atoms. The first kappa shape index (κ1) is 19.3. The van der Waals surface area contributed by atoms with Crippen molar-refractivity contribution in [1.29, 1.82) is 0 Å². The minimum absolute atomic E-state index is 0.254. The van der Waals surface area contributed by atoms with Gasteiger partial charge in [0, 0.05) is 22.6 Å². The number of Topliss-reactive ketones (excluding diaryl/α,β-unsaturated/α-hetero) is 1. The molecule has 0 spiro atoms. The third kappa shape index (κ3) is 3.75. The summed E-state index contributed by atoms with van der Waals surface area (Å²) in [5, 5.41) is 10.9. The second-order valence-electron chi connectivity index (χ2n) is 6.76. The van der Waals surface area contributed by atoms with Crippen LogP contribution in [0.1, 0.15) is 32.1 Å². The summed E-state index contributed by atoms with van der Waals surface area (Å²) in [6, 6.07) is 18.3. The summed E-state index contributed by atoms with van der Waals surface area (Å²) >= 11 is 0. The molecule has 150 valence electrons. The molecule has 2 heterocycles. The van der Waals surface area contributed by atoms with Crippen LogP contribution in [-0.2, 0) is 4.74 Å². The zero-order chi connectivity index (χ0) is 21.1. The molecular formula is C22H19N5O3. The van der Waals surface area contributed by atoms with E-state index in [1.54, 1.807) is 24.3 Å². The average Bonchev–Trinajstić information content (AvgIpc) is 3.41. The lowest BCUT2D eigenvalue weighted by Gasteiger charge is -2.10. The van der Waals surface area contributed by atoms with Crippen molar-refractivity contribution in [3.63, 3.8) is 0 Å². The lowest BCUT2D eigenvalue weighted by atomic mass is 10.1. The number of aryl methyl sites for hydroxylation is 1. The molecule has 0 radical (unpaired) electrons. The van der Waals surface area contributed by atoms with Crippen molar-refractivity contribution in [3.8, 4) is 11.4 Å². The van der Waals surface area contributed by atoms with Gasteiger partial charge in [-0.2, -0.15) is 0 Å². The van der Waals surface area contributed by atoms with Gasteiger partial charge in [0.25, 0.3) is 0 Å². The van der Waals surface area contributed by atoms with Gasteiger partial charge in [-0.05, 0) is 60.7 Å². The second kappa shape index (κ2) is 8.12. The summed E-state index contributed by atoms with van der Waals surface area (Å²) in [7, 11) is 0. The number of benzene rings is 2. The fourth-order valence-electron chi connectivity index (χ4n) is 3.37. The van der Waals surface area contributed by atoms with Crippen molar-refractivity contribution >= 4 is 11.8 Å². The second-order valence-corrected chi connectivity index (χ2v) is 6.76. The third-order valence-electron chi connectivity index (χ3n) is 4.78. The number of rotatable bonds is 6. The Morgan fingerprint density at radius 2 is 1.73 bits per heavy atom. The van der Waals surface area contributed by atoms with Crippen LogP contribution in [0.25, 0.3) is 11.4 Å². The summed E-state index contributed by atoms with van der Waals surface area (Å²) in [6.45, 7) is 3.48. The zero-order valence-corrected chi connectivity index (χ0v) is 16.5. The topological polar surface area (TPSA) is 91.9 Å². The summed E-state index contributed by atoms with van der Waals surface area (Å²) in [5.74, 6) is -0.842. The van der Waals surface area contributed by atoms with Crippen molar-refractivity contribution in [2.45, 2.75) is 13.8 Å². The number of aromatic nitrogens is 5. The lowest BCUT2D eigenvalue weighted by molar-refractivity contribution is 0.0474. The molecule has 0 aliphatic carbocycles. The average molecular weight is 401 g/mol. The summed E-state index contributed by atoms with van der Waals surface area (Å²) in [6.07, 6.45) is 1.43. The fraction of sp³-hybridized carbons (Fsp3) is 0.136. The van der Waals surface area contributed by atoms with Gasteiger partial charge in [-0.15, -0.1) is 5.10 Å². The first-order valence-corrected chi connectivity index (χ1v) is 9.32. The largest absolute Gasteiger partial charge is 0.454 e. The Labute approximate surface area is 172 Å². The molecular weight excluding hydrogens is 382 g/mol. The standard InChI is InChI=1S/C22H19N5O3/c1-15-11-20(16(2)27(15)18-8-4-3-5-9-18)21(28)13-30-22(29)17-7-6-10-19(12-17)26-14-23-24-25-26/h3-12,14H,13H2,1-2H3. The molecule has 0 unspecified atom stereocenters. The van der Waals surface area contributed by atoms with Gasteiger partial charge in [-0.3, -0.25) is 4.79 Å². The molecule has 2 aromatic heterocycles. The summed E-state index contributed by atoms with van der Waals surface area (Å²) < 4.78 is 8.70.